The van der Waals surface area contributed by atoms with Crippen LogP contribution in [0.2, 0.25) is 5.15 Å². The molecule has 0 aliphatic carbocycles. The minimum absolute atomic E-state index is 0.483. The molecule has 3 aromatic rings. The van der Waals surface area contributed by atoms with Crippen molar-refractivity contribution >= 4 is 28.2 Å². The third kappa shape index (κ3) is 2.73. The van der Waals surface area contributed by atoms with Crippen molar-refractivity contribution in [3.8, 4) is 0 Å². The van der Waals surface area contributed by atoms with Crippen molar-refractivity contribution in [1.82, 2.24) is 9.97 Å². The van der Waals surface area contributed by atoms with Crippen molar-refractivity contribution in [2.75, 3.05) is 5.32 Å². The van der Waals surface area contributed by atoms with Gasteiger partial charge in [0.15, 0.2) is 5.15 Å². The molecule has 20 heavy (non-hydrogen) atoms. The van der Waals surface area contributed by atoms with Crippen LogP contribution in [0, 0.1) is 6.92 Å². The van der Waals surface area contributed by atoms with E-state index in [2.05, 4.69) is 27.4 Å². The molecule has 0 unspecified atom stereocenters. The van der Waals surface area contributed by atoms with Gasteiger partial charge >= 0.3 is 0 Å². The summed E-state index contributed by atoms with van der Waals surface area (Å²) in [6.45, 7) is 2.61. The van der Waals surface area contributed by atoms with Crippen LogP contribution in [-0.2, 0) is 6.54 Å². The molecule has 100 valence electrons. The maximum absolute atomic E-state index is 6.06. The molecular weight excluding hydrogens is 270 g/mol. The van der Waals surface area contributed by atoms with Gasteiger partial charge in [0, 0.05) is 11.6 Å². The molecule has 0 radical (unpaired) electrons. The number of halogens is 1. The standard InChI is InChI=1S/C16H14ClN3/c1-11-8-15(16(17)19-9-11)18-10-13-7-6-12-4-2-3-5-14(12)20-13/h2-9,18H,10H2,1H3. The van der Waals surface area contributed by atoms with E-state index in [-0.39, 0.29) is 0 Å². The molecule has 3 rings (SSSR count). The molecule has 0 saturated carbocycles. The number of para-hydroxylation sites is 1. The van der Waals surface area contributed by atoms with E-state index in [0.717, 1.165) is 27.8 Å². The van der Waals surface area contributed by atoms with Crippen LogP contribution in [0.5, 0.6) is 0 Å². The summed E-state index contributed by atoms with van der Waals surface area (Å²) in [6, 6.07) is 14.2. The van der Waals surface area contributed by atoms with Gasteiger partial charge in [-0.2, -0.15) is 0 Å². The molecule has 1 aromatic carbocycles. The molecule has 0 aliphatic rings. The summed E-state index contributed by atoms with van der Waals surface area (Å²) in [5.41, 5.74) is 3.88. The summed E-state index contributed by atoms with van der Waals surface area (Å²) >= 11 is 6.06. The number of rotatable bonds is 3. The Morgan fingerprint density at radius 3 is 2.90 bits per heavy atom. The van der Waals surface area contributed by atoms with Gasteiger partial charge in [0.25, 0.3) is 0 Å². The molecule has 3 nitrogen and oxygen atoms in total. The van der Waals surface area contributed by atoms with Crippen molar-refractivity contribution in [1.29, 1.82) is 0 Å². The minimum Gasteiger partial charge on any atom is -0.377 e. The van der Waals surface area contributed by atoms with Gasteiger partial charge < -0.3 is 5.32 Å². The first-order chi connectivity index (χ1) is 9.72. The van der Waals surface area contributed by atoms with Gasteiger partial charge in [-0.25, -0.2) is 4.98 Å². The molecule has 4 heteroatoms. The predicted octanol–water partition coefficient (Wildman–Crippen LogP) is 4.20. The monoisotopic (exact) mass is 283 g/mol. The molecule has 2 aromatic heterocycles. The highest BCUT2D eigenvalue weighted by molar-refractivity contribution is 6.31. The lowest BCUT2D eigenvalue weighted by Gasteiger charge is -2.08. The number of aromatic nitrogens is 2. The zero-order chi connectivity index (χ0) is 13.9. The number of nitrogens with one attached hydrogen (secondary N) is 1. The van der Waals surface area contributed by atoms with Gasteiger partial charge in [0.1, 0.15) is 0 Å². The highest BCUT2D eigenvalue weighted by atomic mass is 35.5. The Morgan fingerprint density at radius 2 is 2.00 bits per heavy atom. The van der Waals surface area contributed by atoms with Crippen LogP contribution < -0.4 is 5.32 Å². The summed E-state index contributed by atoms with van der Waals surface area (Å²) in [6.07, 6.45) is 1.75. The molecular formula is C16H14ClN3. The summed E-state index contributed by atoms with van der Waals surface area (Å²) in [5, 5.41) is 4.91. The first-order valence-corrected chi connectivity index (χ1v) is 6.81. The van der Waals surface area contributed by atoms with Gasteiger partial charge in [-0.3, -0.25) is 4.98 Å². The summed E-state index contributed by atoms with van der Waals surface area (Å²) in [7, 11) is 0. The van der Waals surface area contributed by atoms with E-state index in [1.165, 1.54) is 0 Å². The van der Waals surface area contributed by atoms with Crippen LogP contribution in [0.4, 0.5) is 5.69 Å². The normalized spacial score (nSPS) is 10.7. The fourth-order valence-electron chi connectivity index (χ4n) is 2.07. The minimum atomic E-state index is 0.483. The van der Waals surface area contributed by atoms with Gasteiger partial charge in [-0.05, 0) is 30.7 Å². The summed E-state index contributed by atoms with van der Waals surface area (Å²) in [5.74, 6) is 0. The van der Waals surface area contributed by atoms with E-state index in [1.54, 1.807) is 6.20 Å². The van der Waals surface area contributed by atoms with Crippen molar-refractivity contribution < 1.29 is 0 Å². The second-order valence-corrected chi connectivity index (χ2v) is 5.06. The van der Waals surface area contributed by atoms with E-state index in [4.69, 9.17) is 11.6 Å². The molecule has 0 amide bonds. The Hall–Kier alpha value is -2.13. The lowest BCUT2D eigenvalue weighted by molar-refractivity contribution is 1.06. The third-order valence-corrected chi connectivity index (χ3v) is 3.39. The molecule has 1 N–H and O–H groups in total. The van der Waals surface area contributed by atoms with Gasteiger partial charge in [0.05, 0.1) is 23.4 Å². The van der Waals surface area contributed by atoms with Crippen molar-refractivity contribution in [3.63, 3.8) is 0 Å². The van der Waals surface area contributed by atoms with Crippen LogP contribution in [0.1, 0.15) is 11.3 Å². The molecule has 0 aliphatic heterocycles. The lowest BCUT2D eigenvalue weighted by atomic mass is 10.2. The molecule has 2 heterocycles. The first kappa shape index (κ1) is 12.9. The van der Waals surface area contributed by atoms with Crippen molar-refractivity contribution in [3.05, 3.63) is 65.1 Å². The number of aryl methyl sites for hydroxylation is 1. The smallest absolute Gasteiger partial charge is 0.152 e. The summed E-state index contributed by atoms with van der Waals surface area (Å²) < 4.78 is 0. The Balaban J connectivity index is 1.81. The number of nitrogens with zero attached hydrogens (tertiary/aromatic N) is 2. The number of hydrogen-bond donors (Lipinski definition) is 1. The van der Waals surface area contributed by atoms with E-state index < -0.39 is 0 Å². The molecule has 0 saturated heterocycles. The quantitative estimate of drug-likeness (QED) is 0.732. The van der Waals surface area contributed by atoms with Gasteiger partial charge in [0.2, 0.25) is 0 Å². The number of pyridine rings is 2. The summed E-state index contributed by atoms with van der Waals surface area (Å²) in [4.78, 5) is 8.74. The fourth-order valence-corrected chi connectivity index (χ4v) is 2.24. The Morgan fingerprint density at radius 1 is 1.15 bits per heavy atom. The molecule has 0 spiro atoms. The van der Waals surface area contributed by atoms with Crippen LogP contribution in [0.15, 0.2) is 48.7 Å². The molecule has 0 fully saturated rings. The van der Waals surface area contributed by atoms with Crippen molar-refractivity contribution in [2.24, 2.45) is 0 Å². The van der Waals surface area contributed by atoms with E-state index in [0.29, 0.717) is 11.7 Å². The Kier molecular flexibility index (Phi) is 3.52. The predicted molar refractivity (Wildman–Crippen MR) is 83.1 cm³/mol. The molecule has 0 bridgehead atoms. The number of benzene rings is 1. The van der Waals surface area contributed by atoms with E-state index in [1.807, 2.05) is 37.3 Å². The molecule has 0 atom stereocenters. The Labute approximate surface area is 122 Å². The van der Waals surface area contributed by atoms with Crippen LogP contribution in [0.3, 0.4) is 0 Å². The SMILES string of the molecule is Cc1cnc(Cl)c(NCc2ccc3ccccc3n2)c1. The zero-order valence-electron chi connectivity index (χ0n) is 11.1. The average molecular weight is 284 g/mol. The van der Waals surface area contributed by atoms with E-state index >= 15 is 0 Å². The third-order valence-electron chi connectivity index (χ3n) is 3.09. The first-order valence-electron chi connectivity index (χ1n) is 6.43. The maximum atomic E-state index is 6.06. The second-order valence-electron chi connectivity index (χ2n) is 4.70. The second kappa shape index (κ2) is 5.47. The highest BCUT2D eigenvalue weighted by Crippen LogP contribution is 2.20. The van der Waals surface area contributed by atoms with Gasteiger partial charge in [-0.1, -0.05) is 35.9 Å². The zero-order valence-corrected chi connectivity index (χ0v) is 11.9. The average Bonchev–Trinajstić information content (AvgIpc) is 2.48. The largest absolute Gasteiger partial charge is 0.377 e. The van der Waals surface area contributed by atoms with Crippen LogP contribution >= 0.6 is 11.6 Å². The van der Waals surface area contributed by atoms with Gasteiger partial charge in [-0.15, -0.1) is 0 Å². The highest BCUT2D eigenvalue weighted by Gasteiger charge is 2.03. The maximum Gasteiger partial charge on any atom is 0.152 e. The lowest BCUT2D eigenvalue weighted by Crippen LogP contribution is -2.03. The van der Waals surface area contributed by atoms with Crippen LogP contribution in [0.25, 0.3) is 10.9 Å². The number of anilines is 1. The Bertz CT molecular complexity index is 756. The van der Waals surface area contributed by atoms with Crippen LogP contribution in [-0.4, -0.2) is 9.97 Å². The van der Waals surface area contributed by atoms with E-state index in [9.17, 15) is 0 Å². The van der Waals surface area contributed by atoms with Crippen molar-refractivity contribution in [2.45, 2.75) is 13.5 Å². The number of fused-ring (bicyclic) bond motifs is 1. The fraction of sp³-hybridized carbons (Fsp3) is 0.125. The topological polar surface area (TPSA) is 37.8 Å². The number of hydrogen-bond acceptors (Lipinski definition) is 3.